The van der Waals surface area contributed by atoms with Crippen LogP contribution in [0.5, 0.6) is 0 Å². The van der Waals surface area contributed by atoms with Crippen LogP contribution in [0.25, 0.3) is 0 Å². The zero-order valence-electron chi connectivity index (χ0n) is 8.21. The van der Waals surface area contributed by atoms with E-state index < -0.39 is 5.41 Å². The molecule has 14 heavy (non-hydrogen) atoms. The molecule has 1 spiro atoms. The Morgan fingerprint density at radius 3 is 2.71 bits per heavy atom. The average molecular weight is 190 g/mol. The zero-order chi connectivity index (χ0) is 10.2. The van der Waals surface area contributed by atoms with Gasteiger partial charge in [-0.15, -0.1) is 0 Å². The second-order valence-electron chi connectivity index (χ2n) is 4.09. The summed E-state index contributed by atoms with van der Waals surface area (Å²) in [5.74, 6) is 0.0431. The van der Waals surface area contributed by atoms with Gasteiger partial charge in [0, 0.05) is 6.42 Å². The van der Waals surface area contributed by atoms with Crippen molar-refractivity contribution in [2.24, 2.45) is 5.41 Å². The number of rotatable bonds is 0. The van der Waals surface area contributed by atoms with Crippen LogP contribution in [0.1, 0.15) is 32.1 Å². The molecule has 2 aliphatic carbocycles. The SMILES string of the molecule is C=C1CCCC(=O)[C@]12CCC=CC2=O. The van der Waals surface area contributed by atoms with Crippen LogP contribution in [-0.4, -0.2) is 11.6 Å². The summed E-state index contributed by atoms with van der Waals surface area (Å²) in [6.45, 7) is 3.92. The third kappa shape index (κ3) is 1.10. The molecule has 0 bridgehead atoms. The fourth-order valence-electron chi connectivity index (χ4n) is 2.47. The van der Waals surface area contributed by atoms with Gasteiger partial charge in [-0.05, 0) is 31.8 Å². The van der Waals surface area contributed by atoms with E-state index in [0.29, 0.717) is 12.8 Å². The maximum Gasteiger partial charge on any atom is 0.172 e. The Kier molecular flexibility index (Phi) is 2.14. The molecule has 0 aromatic rings. The predicted octanol–water partition coefficient (Wildman–Crippen LogP) is 2.20. The van der Waals surface area contributed by atoms with Gasteiger partial charge in [0.2, 0.25) is 0 Å². The minimum atomic E-state index is -0.826. The summed E-state index contributed by atoms with van der Waals surface area (Å²) in [5.41, 5.74) is 0.00981. The van der Waals surface area contributed by atoms with Gasteiger partial charge in [0.15, 0.2) is 11.6 Å². The smallest absolute Gasteiger partial charge is 0.172 e. The Bertz CT molecular complexity index is 320. The maximum absolute atomic E-state index is 11.9. The minimum Gasteiger partial charge on any atom is -0.298 e. The predicted molar refractivity (Wildman–Crippen MR) is 53.8 cm³/mol. The summed E-state index contributed by atoms with van der Waals surface area (Å²) in [5, 5.41) is 0. The normalized spacial score (nSPS) is 32.7. The molecule has 2 rings (SSSR count). The van der Waals surface area contributed by atoms with Crippen molar-refractivity contribution in [3.05, 3.63) is 24.3 Å². The molecule has 0 aliphatic heterocycles. The molecule has 2 aliphatic rings. The fourth-order valence-corrected chi connectivity index (χ4v) is 2.47. The van der Waals surface area contributed by atoms with Gasteiger partial charge in [0.25, 0.3) is 0 Å². The topological polar surface area (TPSA) is 34.1 Å². The van der Waals surface area contributed by atoms with E-state index in [0.717, 1.165) is 24.8 Å². The molecule has 1 saturated carbocycles. The second-order valence-corrected chi connectivity index (χ2v) is 4.09. The lowest BCUT2D eigenvalue weighted by atomic mass is 9.63. The quantitative estimate of drug-likeness (QED) is 0.433. The van der Waals surface area contributed by atoms with Gasteiger partial charge in [0.1, 0.15) is 5.41 Å². The molecule has 2 nitrogen and oxygen atoms in total. The van der Waals surface area contributed by atoms with Gasteiger partial charge in [-0.2, -0.15) is 0 Å². The van der Waals surface area contributed by atoms with Crippen molar-refractivity contribution in [1.29, 1.82) is 0 Å². The number of hydrogen-bond donors (Lipinski definition) is 0. The highest BCUT2D eigenvalue weighted by atomic mass is 16.2. The van der Waals surface area contributed by atoms with Gasteiger partial charge < -0.3 is 0 Å². The Hall–Kier alpha value is -1.18. The highest BCUT2D eigenvalue weighted by Crippen LogP contribution is 2.43. The molecule has 1 fully saturated rings. The van der Waals surface area contributed by atoms with Gasteiger partial charge in [-0.1, -0.05) is 18.2 Å². The maximum atomic E-state index is 11.9. The van der Waals surface area contributed by atoms with Crippen molar-refractivity contribution < 1.29 is 9.59 Å². The number of carbonyl (C=O) groups is 2. The van der Waals surface area contributed by atoms with E-state index in [1.807, 2.05) is 6.08 Å². The van der Waals surface area contributed by atoms with E-state index in [4.69, 9.17) is 0 Å². The standard InChI is InChI=1S/C12H14O2/c1-9-5-4-7-11(14)12(9)8-3-2-6-10(12)13/h2,6H,1,3-5,7-8H2/t12-/m1/s1. The number of ketones is 2. The van der Waals surface area contributed by atoms with Crippen molar-refractivity contribution in [2.45, 2.75) is 32.1 Å². The van der Waals surface area contributed by atoms with E-state index in [1.54, 1.807) is 6.08 Å². The van der Waals surface area contributed by atoms with Crippen molar-refractivity contribution in [3.8, 4) is 0 Å². The molecule has 0 heterocycles. The van der Waals surface area contributed by atoms with E-state index >= 15 is 0 Å². The lowest BCUT2D eigenvalue weighted by Crippen LogP contribution is -2.43. The van der Waals surface area contributed by atoms with Crippen LogP contribution in [0.2, 0.25) is 0 Å². The molecular formula is C12H14O2. The lowest BCUT2D eigenvalue weighted by molar-refractivity contribution is -0.137. The third-order valence-electron chi connectivity index (χ3n) is 3.34. The summed E-state index contributed by atoms with van der Waals surface area (Å²) in [4.78, 5) is 23.7. The first kappa shape index (κ1) is 9.38. The highest BCUT2D eigenvalue weighted by Gasteiger charge is 2.47. The van der Waals surface area contributed by atoms with E-state index in [-0.39, 0.29) is 11.6 Å². The van der Waals surface area contributed by atoms with E-state index in [2.05, 4.69) is 6.58 Å². The number of allylic oxidation sites excluding steroid dienone is 3. The molecule has 0 unspecified atom stereocenters. The molecule has 0 amide bonds. The zero-order valence-corrected chi connectivity index (χ0v) is 8.21. The Morgan fingerprint density at radius 2 is 2.07 bits per heavy atom. The molecule has 2 heteroatoms. The van der Waals surface area contributed by atoms with Gasteiger partial charge in [0.05, 0.1) is 0 Å². The number of carbonyl (C=O) groups excluding carboxylic acids is 2. The Labute approximate surface area is 83.7 Å². The Balaban J connectivity index is 2.44. The average Bonchev–Trinajstić information content (AvgIpc) is 2.17. The fraction of sp³-hybridized carbons (Fsp3) is 0.500. The molecule has 0 N–H and O–H groups in total. The molecule has 0 radical (unpaired) electrons. The second kappa shape index (κ2) is 3.19. The van der Waals surface area contributed by atoms with Crippen LogP contribution in [0.4, 0.5) is 0 Å². The van der Waals surface area contributed by atoms with Crippen LogP contribution in [0.3, 0.4) is 0 Å². The highest BCUT2D eigenvalue weighted by molar-refractivity contribution is 6.15. The third-order valence-corrected chi connectivity index (χ3v) is 3.34. The summed E-state index contributed by atoms with van der Waals surface area (Å²) >= 11 is 0. The molecule has 0 aromatic heterocycles. The van der Waals surface area contributed by atoms with Crippen molar-refractivity contribution >= 4 is 11.6 Å². The summed E-state index contributed by atoms with van der Waals surface area (Å²) in [6.07, 6.45) is 7.08. The van der Waals surface area contributed by atoms with Crippen LogP contribution >= 0.6 is 0 Å². The van der Waals surface area contributed by atoms with E-state index in [9.17, 15) is 9.59 Å². The first-order valence-corrected chi connectivity index (χ1v) is 5.10. The van der Waals surface area contributed by atoms with Crippen molar-refractivity contribution in [1.82, 2.24) is 0 Å². The first-order chi connectivity index (χ1) is 6.68. The van der Waals surface area contributed by atoms with E-state index in [1.165, 1.54) is 0 Å². The van der Waals surface area contributed by atoms with Crippen molar-refractivity contribution in [3.63, 3.8) is 0 Å². The molecule has 0 saturated heterocycles. The summed E-state index contributed by atoms with van der Waals surface area (Å²) < 4.78 is 0. The molecule has 0 aromatic carbocycles. The van der Waals surface area contributed by atoms with Crippen LogP contribution < -0.4 is 0 Å². The summed E-state index contributed by atoms with van der Waals surface area (Å²) in [7, 11) is 0. The lowest BCUT2D eigenvalue weighted by Gasteiger charge is -2.37. The molecule has 74 valence electrons. The largest absolute Gasteiger partial charge is 0.298 e. The molecule has 1 atom stereocenters. The van der Waals surface area contributed by atoms with Gasteiger partial charge in [-0.25, -0.2) is 0 Å². The monoisotopic (exact) mass is 190 g/mol. The Morgan fingerprint density at radius 1 is 1.29 bits per heavy atom. The van der Waals surface area contributed by atoms with Crippen LogP contribution in [0.15, 0.2) is 24.3 Å². The summed E-state index contributed by atoms with van der Waals surface area (Å²) in [6, 6.07) is 0. The number of Topliss-reactive ketones (excluding diaryl/α,β-unsaturated/α-hetero) is 1. The van der Waals surface area contributed by atoms with Crippen LogP contribution in [-0.2, 0) is 9.59 Å². The minimum absolute atomic E-state index is 0.0431. The van der Waals surface area contributed by atoms with Gasteiger partial charge >= 0.3 is 0 Å². The molecular weight excluding hydrogens is 176 g/mol. The number of hydrogen-bond acceptors (Lipinski definition) is 2. The van der Waals surface area contributed by atoms with Crippen LogP contribution in [0, 0.1) is 5.41 Å². The van der Waals surface area contributed by atoms with Crippen molar-refractivity contribution in [2.75, 3.05) is 0 Å². The first-order valence-electron chi connectivity index (χ1n) is 5.10. The van der Waals surface area contributed by atoms with Gasteiger partial charge in [-0.3, -0.25) is 9.59 Å².